The zero-order valence-electron chi connectivity index (χ0n) is 12.0. The first-order chi connectivity index (χ1) is 9.51. The van der Waals surface area contributed by atoms with Crippen LogP contribution in [-0.4, -0.2) is 17.1 Å². The fourth-order valence-corrected chi connectivity index (χ4v) is 3.44. The van der Waals surface area contributed by atoms with Crippen LogP contribution >= 0.6 is 11.3 Å². The van der Waals surface area contributed by atoms with Gasteiger partial charge >= 0.3 is 5.97 Å². The van der Waals surface area contributed by atoms with Gasteiger partial charge in [0.2, 0.25) is 0 Å². The Hall–Kier alpha value is -2.06. The number of ether oxygens (including phenoxy) is 1. The second kappa shape index (κ2) is 5.51. The van der Waals surface area contributed by atoms with Gasteiger partial charge in [0.15, 0.2) is 0 Å². The van der Waals surface area contributed by atoms with E-state index >= 15 is 0 Å². The third kappa shape index (κ3) is 2.23. The number of rotatable bonds is 3. The predicted octanol–water partition coefficient (Wildman–Crippen LogP) is 3.51. The normalized spacial score (nSPS) is 10.3. The van der Waals surface area contributed by atoms with Crippen molar-refractivity contribution in [2.75, 3.05) is 6.61 Å². The van der Waals surface area contributed by atoms with E-state index in [4.69, 9.17) is 4.74 Å². The molecule has 0 saturated carbocycles. The maximum absolute atomic E-state index is 12.0. The third-order valence-electron chi connectivity index (χ3n) is 3.18. The lowest BCUT2D eigenvalue weighted by Crippen LogP contribution is -2.03. The van der Waals surface area contributed by atoms with Crippen molar-refractivity contribution in [1.29, 1.82) is 5.26 Å². The third-order valence-corrected chi connectivity index (χ3v) is 4.43. The molecule has 0 aliphatic rings. The molecule has 2 heterocycles. The summed E-state index contributed by atoms with van der Waals surface area (Å²) < 4.78 is 7.05. The van der Waals surface area contributed by atoms with Gasteiger partial charge < -0.3 is 9.30 Å². The summed E-state index contributed by atoms with van der Waals surface area (Å²) in [6, 6.07) is 6.20. The van der Waals surface area contributed by atoms with E-state index in [9.17, 15) is 10.1 Å². The maximum Gasteiger partial charge on any atom is 0.348 e. The molecule has 0 aromatic carbocycles. The Kier molecular flexibility index (Phi) is 3.96. The van der Waals surface area contributed by atoms with Gasteiger partial charge in [-0.1, -0.05) is 0 Å². The zero-order chi connectivity index (χ0) is 14.9. The van der Waals surface area contributed by atoms with Gasteiger partial charge in [-0.05, 0) is 45.4 Å². The van der Waals surface area contributed by atoms with Gasteiger partial charge in [0.1, 0.15) is 15.9 Å². The van der Waals surface area contributed by atoms with Crippen LogP contribution in [0.4, 0.5) is 0 Å². The van der Waals surface area contributed by atoms with Crippen LogP contribution in [-0.2, 0) is 4.74 Å². The number of esters is 1. The Morgan fingerprint density at radius 2 is 1.95 bits per heavy atom. The van der Waals surface area contributed by atoms with E-state index in [1.165, 1.54) is 11.3 Å². The fourth-order valence-electron chi connectivity index (χ4n) is 2.17. The van der Waals surface area contributed by atoms with Crippen LogP contribution in [0, 0.1) is 32.1 Å². The first-order valence-electron chi connectivity index (χ1n) is 6.37. The summed E-state index contributed by atoms with van der Waals surface area (Å²) in [5, 5.41) is 10.2. The standard InChI is InChI=1S/C15H16N2O2S/c1-5-19-15(18)13-11(4)12(8-16)14(20-13)17-9(2)6-7-10(17)3/h6-7H,5H2,1-4H3. The molecular formula is C15H16N2O2S. The first kappa shape index (κ1) is 14.4. The summed E-state index contributed by atoms with van der Waals surface area (Å²) in [6.07, 6.45) is 0. The molecule has 20 heavy (non-hydrogen) atoms. The topological polar surface area (TPSA) is 55.0 Å². The Bertz CT molecular complexity index is 685. The molecule has 104 valence electrons. The monoisotopic (exact) mass is 288 g/mol. The van der Waals surface area contributed by atoms with Crippen molar-refractivity contribution in [3.63, 3.8) is 0 Å². The van der Waals surface area contributed by atoms with E-state index in [0.29, 0.717) is 22.6 Å². The van der Waals surface area contributed by atoms with E-state index in [2.05, 4.69) is 6.07 Å². The maximum atomic E-state index is 12.0. The summed E-state index contributed by atoms with van der Waals surface area (Å²) in [6.45, 7) is 7.85. The van der Waals surface area contributed by atoms with Crippen LogP contribution in [0.25, 0.3) is 5.00 Å². The molecular weight excluding hydrogens is 272 g/mol. The number of carbonyl (C=O) groups excluding carboxylic acids is 1. The van der Waals surface area contributed by atoms with E-state index in [1.54, 1.807) is 13.8 Å². The summed E-state index contributed by atoms with van der Waals surface area (Å²) in [5.74, 6) is -0.361. The molecule has 0 N–H and O–H groups in total. The minimum absolute atomic E-state index is 0.328. The Balaban J connectivity index is 2.64. The highest BCUT2D eigenvalue weighted by Crippen LogP contribution is 2.33. The molecule has 0 radical (unpaired) electrons. The number of carbonyl (C=O) groups is 1. The molecule has 2 aromatic heterocycles. The summed E-state index contributed by atoms with van der Waals surface area (Å²) in [7, 11) is 0. The summed E-state index contributed by atoms with van der Waals surface area (Å²) in [5.41, 5.74) is 3.31. The van der Waals surface area contributed by atoms with Gasteiger partial charge in [-0.2, -0.15) is 5.26 Å². The van der Waals surface area contributed by atoms with Gasteiger partial charge in [-0.15, -0.1) is 11.3 Å². The lowest BCUT2D eigenvalue weighted by molar-refractivity contribution is 0.0531. The highest BCUT2D eigenvalue weighted by atomic mass is 32.1. The number of nitrogens with zero attached hydrogens (tertiary/aromatic N) is 2. The van der Waals surface area contributed by atoms with Crippen LogP contribution in [0.15, 0.2) is 12.1 Å². The molecule has 0 bridgehead atoms. The number of hydrogen-bond acceptors (Lipinski definition) is 4. The minimum Gasteiger partial charge on any atom is -0.462 e. The molecule has 0 saturated heterocycles. The Morgan fingerprint density at radius 3 is 2.45 bits per heavy atom. The van der Waals surface area contributed by atoms with Gasteiger partial charge in [-0.3, -0.25) is 0 Å². The lowest BCUT2D eigenvalue weighted by atomic mass is 10.1. The quantitative estimate of drug-likeness (QED) is 0.812. The second-order valence-electron chi connectivity index (χ2n) is 4.52. The number of nitriles is 1. The van der Waals surface area contributed by atoms with Crippen molar-refractivity contribution in [2.45, 2.75) is 27.7 Å². The average molecular weight is 288 g/mol. The Morgan fingerprint density at radius 1 is 1.35 bits per heavy atom. The van der Waals surface area contributed by atoms with Gasteiger partial charge in [0.05, 0.1) is 12.2 Å². The van der Waals surface area contributed by atoms with Crippen molar-refractivity contribution in [2.24, 2.45) is 0 Å². The van der Waals surface area contributed by atoms with Crippen molar-refractivity contribution < 1.29 is 9.53 Å². The van der Waals surface area contributed by atoms with Crippen molar-refractivity contribution in [3.05, 3.63) is 39.5 Å². The smallest absolute Gasteiger partial charge is 0.348 e. The van der Waals surface area contributed by atoms with Gasteiger partial charge in [0, 0.05) is 11.4 Å². The number of hydrogen-bond donors (Lipinski definition) is 0. The first-order valence-corrected chi connectivity index (χ1v) is 7.18. The van der Waals surface area contributed by atoms with Gasteiger partial charge in [-0.25, -0.2) is 4.79 Å². The molecule has 0 aliphatic carbocycles. The summed E-state index contributed by atoms with van der Waals surface area (Å²) >= 11 is 1.31. The lowest BCUT2D eigenvalue weighted by Gasteiger charge is -2.06. The highest BCUT2D eigenvalue weighted by molar-refractivity contribution is 7.16. The van der Waals surface area contributed by atoms with E-state index in [0.717, 1.165) is 16.4 Å². The molecule has 2 rings (SSSR count). The average Bonchev–Trinajstić information content (AvgIpc) is 2.90. The van der Waals surface area contributed by atoms with Crippen LogP contribution in [0.2, 0.25) is 0 Å². The van der Waals surface area contributed by atoms with Gasteiger partial charge in [0.25, 0.3) is 0 Å². The molecule has 0 aliphatic heterocycles. The van der Waals surface area contributed by atoms with E-state index < -0.39 is 0 Å². The number of thiophene rings is 1. The highest BCUT2D eigenvalue weighted by Gasteiger charge is 2.23. The van der Waals surface area contributed by atoms with Crippen LogP contribution in [0.5, 0.6) is 0 Å². The predicted molar refractivity (Wildman–Crippen MR) is 78.5 cm³/mol. The number of aryl methyl sites for hydroxylation is 2. The van der Waals surface area contributed by atoms with Crippen LogP contribution in [0.1, 0.15) is 39.1 Å². The zero-order valence-corrected chi connectivity index (χ0v) is 12.8. The molecule has 5 heteroatoms. The van der Waals surface area contributed by atoms with Crippen molar-refractivity contribution in [3.8, 4) is 11.1 Å². The SMILES string of the molecule is CCOC(=O)c1sc(-n2c(C)ccc2C)c(C#N)c1C. The van der Waals surface area contributed by atoms with Crippen LogP contribution in [0.3, 0.4) is 0 Å². The van der Waals surface area contributed by atoms with Crippen LogP contribution < -0.4 is 0 Å². The number of aromatic nitrogens is 1. The van der Waals surface area contributed by atoms with E-state index in [1.807, 2.05) is 30.5 Å². The molecule has 4 nitrogen and oxygen atoms in total. The van der Waals surface area contributed by atoms with E-state index in [-0.39, 0.29) is 5.97 Å². The molecule has 0 fully saturated rings. The van der Waals surface area contributed by atoms with Crippen molar-refractivity contribution in [1.82, 2.24) is 4.57 Å². The fraction of sp³-hybridized carbons (Fsp3) is 0.333. The molecule has 0 atom stereocenters. The largest absolute Gasteiger partial charge is 0.462 e. The molecule has 0 spiro atoms. The second-order valence-corrected chi connectivity index (χ2v) is 5.52. The molecule has 0 amide bonds. The Labute approximate surface area is 122 Å². The van der Waals surface area contributed by atoms with Crippen molar-refractivity contribution >= 4 is 17.3 Å². The summed E-state index contributed by atoms with van der Waals surface area (Å²) in [4.78, 5) is 12.5. The molecule has 2 aromatic rings. The molecule has 0 unspecified atom stereocenters. The minimum atomic E-state index is -0.361.